The molecule has 0 bridgehead atoms. The minimum Gasteiger partial charge on any atom is -0.507 e. The van der Waals surface area contributed by atoms with Crippen molar-refractivity contribution in [1.82, 2.24) is 5.32 Å². The molecule has 2 N–H and O–H groups in total. The van der Waals surface area contributed by atoms with Crippen molar-refractivity contribution in [3.63, 3.8) is 0 Å². The van der Waals surface area contributed by atoms with Gasteiger partial charge in [-0.2, -0.15) is 0 Å². The fourth-order valence-corrected chi connectivity index (χ4v) is 1.20. The molecule has 0 aliphatic heterocycles. The highest BCUT2D eigenvalue weighted by atomic mass is 35.5. The number of phenolic OH excluding ortho intramolecular Hbond substituents is 1. The first-order chi connectivity index (χ1) is 7.00. The molecule has 0 heterocycles. The lowest BCUT2D eigenvalue weighted by molar-refractivity contribution is 0.0955. The number of carbonyl (C=O) groups is 1. The van der Waals surface area contributed by atoms with Crippen LogP contribution in [-0.4, -0.2) is 17.6 Å². The first-order valence-electron chi connectivity index (χ1n) is 4.10. The van der Waals surface area contributed by atoms with Gasteiger partial charge in [0.15, 0.2) is 0 Å². The van der Waals surface area contributed by atoms with E-state index in [0.29, 0.717) is 10.1 Å². The van der Waals surface area contributed by atoms with E-state index >= 15 is 0 Å². The van der Waals surface area contributed by atoms with Crippen molar-refractivity contribution in [3.8, 4) is 5.75 Å². The Kier molecular flexibility index (Phi) is 4.00. The van der Waals surface area contributed by atoms with Crippen molar-refractivity contribution in [3.05, 3.63) is 40.4 Å². The van der Waals surface area contributed by atoms with Gasteiger partial charge in [-0.15, -0.1) is 0 Å². The van der Waals surface area contributed by atoms with Crippen LogP contribution < -0.4 is 5.32 Å². The van der Waals surface area contributed by atoms with Crippen molar-refractivity contribution >= 4 is 29.1 Å². The third-order valence-corrected chi connectivity index (χ3v) is 2.01. The fourth-order valence-electron chi connectivity index (χ4n) is 0.968. The van der Waals surface area contributed by atoms with Gasteiger partial charge in [-0.3, -0.25) is 4.79 Å². The average molecular weight is 246 g/mol. The highest BCUT2D eigenvalue weighted by Gasteiger charge is 2.10. The Morgan fingerprint density at radius 3 is 2.73 bits per heavy atom. The largest absolute Gasteiger partial charge is 0.507 e. The van der Waals surface area contributed by atoms with Crippen LogP contribution in [0.4, 0.5) is 0 Å². The predicted octanol–water partition coefficient (Wildman–Crippen LogP) is 2.53. The summed E-state index contributed by atoms with van der Waals surface area (Å²) in [7, 11) is 0. The van der Waals surface area contributed by atoms with E-state index in [9.17, 15) is 9.90 Å². The van der Waals surface area contributed by atoms with Crippen LogP contribution in [-0.2, 0) is 0 Å². The molecule has 1 rings (SSSR count). The number of rotatable bonds is 3. The van der Waals surface area contributed by atoms with Crippen LogP contribution in [0, 0.1) is 0 Å². The number of hydrogen-bond donors (Lipinski definition) is 2. The summed E-state index contributed by atoms with van der Waals surface area (Å²) in [5.41, 5.74) is 0.150. The first-order valence-corrected chi connectivity index (χ1v) is 4.86. The van der Waals surface area contributed by atoms with E-state index < -0.39 is 5.91 Å². The average Bonchev–Trinajstić information content (AvgIpc) is 2.14. The molecule has 0 radical (unpaired) electrons. The lowest BCUT2D eigenvalue weighted by Gasteiger charge is -2.05. The van der Waals surface area contributed by atoms with Gasteiger partial charge in [-0.25, -0.2) is 0 Å². The van der Waals surface area contributed by atoms with Crippen molar-refractivity contribution in [2.24, 2.45) is 0 Å². The molecule has 80 valence electrons. The normalized spacial score (nSPS) is 9.73. The van der Waals surface area contributed by atoms with Crippen LogP contribution in [0.1, 0.15) is 10.4 Å². The van der Waals surface area contributed by atoms with Crippen LogP contribution >= 0.6 is 23.2 Å². The summed E-state index contributed by atoms with van der Waals surface area (Å²) in [5.74, 6) is -0.592. The van der Waals surface area contributed by atoms with Gasteiger partial charge in [-0.1, -0.05) is 29.8 Å². The summed E-state index contributed by atoms with van der Waals surface area (Å²) in [6, 6.07) is 4.25. The Labute approximate surface area is 97.3 Å². The number of phenols is 1. The third-order valence-electron chi connectivity index (χ3n) is 1.65. The Morgan fingerprint density at radius 1 is 1.53 bits per heavy atom. The molecule has 15 heavy (non-hydrogen) atoms. The van der Waals surface area contributed by atoms with Gasteiger partial charge in [0.05, 0.1) is 12.1 Å². The maximum absolute atomic E-state index is 11.5. The van der Waals surface area contributed by atoms with E-state index in [4.69, 9.17) is 23.2 Å². The van der Waals surface area contributed by atoms with Gasteiger partial charge in [-0.05, 0) is 18.2 Å². The Morgan fingerprint density at radius 2 is 2.20 bits per heavy atom. The minimum atomic E-state index is -0.425. The summed E-state index contributed by atoms with van der Waals surface area (Å²) in [6.07, 6.45) is 0. The van der Waals surface area contributed by atoms with E-state index in [1.54, 1.807) is 0 Å². The standard InChI is InChI=1S/C10H9Cl2NO2/c1-6(11)5-13-10(15)8-3-2-7(12)4-9(8)14/h2-4,14H,1,5H2,(H,13,15). The van der Waals surface area contributed by atoms with Gasteiger partial charge < -0.3 is 10.4 Å². The summed E-state index contributed by atoms with van der Waals surface area (Å²) in [6.45, 7) is 3.58. The molecule has 1 aromatic rings. The molecular weight excluding hydrogens is 237 g/mol. The number of amides is 1. The second kappa shape index (κ2) is 5.05. The Balaban J connectivity index is 2.78. The van der Waals surface area contributed by atoms with Crippen molar-refractivity contribution < 1.29 is 9.90 Å². The third kappa shape index (κ3) is 3.46. The van der Waals surface area contributed by atoms with Crippen LogP contribution in [0.15, 0.2) is 29.8 Å². The molecule has 0 saturated carbocycles. The van der Waals surface area contributed by atoms with Gasteiger partial charge >= 0.3 is 0 Å². The highest BCUT2D eigenvalue weighted by molar-refractivity contribution is 6.31. The topological polar surface area (TPSA) is 49.3 Å². The van der Waals surface area contributed by atoms with Crippen molar-refractivity contribution in [2.45, 2.75) is 0 Å². The molecule has 0 aromatic heterocycles. The summed E-state index contributed by atoms with van der Waals surface area (Å²) in [5, 5.41) is 12.6. The maximum atomic E-state index is 11.5. The van der Waals surface area contributed by atoms with Crippen LogP contribution in [0.2, 0.25) is 5.02 Å². The van der Waals surface area contributed by atoms with Gasteiger partial charge in [0.1, 0.15) is 5.75 Å². The summed E-state index contributed by atoms with van der Waals surface area (Å²) < 4.78 is 0. The molecule has 0 saturated heterocycles. The lowest BCUT2D eigenvalue weighted by atomic mass is 10.2. The Hall–Kier alpha value is -1.19. The van der Waals surface area contributed by atoms with E-state index in [1.165, 1.54) is 18.2 Å². The Bertz CT molecular complexity index is 404. The van der Waals surface area contributed by atoms with Crippen molar-refractivity contribution in [2.75, 3.05) is 6.54 Å². The molecule has 0 fully saturated rings. The maximum Gasteiger partial charge on any atom is 0.255 e. The predicted molar refractivity (Wildman–Crippen MR) is 60.4 cm³/mol. The molecule has 5 heteroatoms. The number of benzene rings is 1. The molecule has 0 aliphatic carbocycles. The molecule has 0 aliphatic rings. The fraction of sp³-hybridized carbons (Fsp3) is 0.100. The second-order valence-electron chi connectivity index (χ2n) is 2.86. The smallest absolute Gasteiger partial charge is 0.255 e. The highest BCUT2D eigenvalue weighted by Crippen LogP contribution is 2.21. The number of carbonyl (C=O) groups excluding carboxylic acids is 1. The lowest BCUT2D eigenvalue weighted by Crippen LogP contribution is -2.24. The van der Waals surface area contributed by atoms with Crippen LogP contribution in [0.3, 0.4) is 0 Å². The molecule has 1 aromatic carbocycles. The van der Waals surface area contributed by atoms with Gasteiger partial charge in [0.2, 0.25) is 0 Å². The van der Waals surface area contributed by atoms with Gasteiger partial charge in [0.25, 0.3) is 5.91 Å². The van der Waals surface area contributed by atoms with Gasteiger partial charge in [0, 0.05) is 10.1 Å². The molecule has 1 amide bonds. The molecule has 3 nitrogen and oxygen atoms in total. The van der Waals surface area contributed by atoms with E-state index in [1.807, 2.05) is 0 Å². The zero-order chi connectivity index (χ0) is 11.4. The first kappa shape index (κ1) is 11.9. The summed E-state index contributed by atoms with van der Waals surface area (Å²) >= 11 is 11.1. The van der Waals surface area contributed by atoms with E-state index in [-0.39, 0.29) is 17.9 Å². The second-order valence-corrected chi connectivity index (χ2v) is 3.83. The molecular formula is C10H9Cl2NO2. The van der Waals surface area contributed by atoms with E-state index in [0.717, 1.165) is 0 Å². The zero-order valence-corrected chi connectivity index (χ0v) is 9.27. The molecule has 0 spiro atoms. The van der Waals surface area contributed by atoms with Crippen molar-refractivity contribution in [1.29, 1.82) is 0 Å². The number of nitrogens with one attached hydrogen (secondary N) is 1. The zero-order valence-electron chi connectivity index (χ0n) is 7.76. The van der Waals surface area contributed by atoms with Crippen LogP contribution in [0.25, 0.3) is 0 Å². The quantitative estimate of drug-likeness (QED) is 0.860. The number of hydrogen-bond acceptors (Lipinski definition) is 2. The number of halogens is 2. The summed E-state index contributed by atoms with van der Waals surface area (Å²) in [4.78, 5) is 11.5. The molecule has 0 unspecified atom stereocenters. The monoisotopic (exact) mass is 245 g/mol. The molecule has 0 atom stereocenters. The van der Waals surface area contributed by atoms with E-state index in [2.05, 4.69) is 11.9 Å². The number of aromatic hydroxyl groups is 1. The van der Waals surface area contributed by atoms with Crippen LogP contribution in [0.5, 0.6) is 5.75 Å². The SMILES string of the molecule is C=C(Cl)CNC(=O)c1ccc(Cl)cc1O. The minimum absolute atomic E-state index is 0.150.